The van der Waals surface area contributed by atoms with Crippen molar-refractivity contribution in [3.05, 3.63) is 16.9 Å². The van der Waals surface area contributed by atoms with E-state index in [1.54, 1.807) is 0 Å². The molecule has 0 spiro atoms. The van der Waals surface area contributed by atoms with Crippen LogP contribution in [0.4, 0.5) is 5.95 Å². The number of nitrogens with zero attached hydrogens (tertiary/aromatic N) is 3. The molecule has 2 fully saturated rings. The van der Waals surface area contributed by atoms with Gasteiger partial charge in [-0.3, -0.25) is 0 Å². The summed E-state index contributed by atoms with van der Waals surface area (Å²) < 4.78 is 3.48. The van der Waals surface area contributed by atoms with Crippen LogP contribution in [0.5, 0.6) is 0 Å². The van der Waals surface area contributed by atoms with E-state index in [9.17, 15) is 0 Å². The van der Waals surface area contributed by atoms with Crippen molar-refractivity contribution in [2.24, 2.45) is 11.8 Å². The Kier molecular flexibility index (Phi) is 4.31. The summed E-state index contributed by atoms with van der Waals surface area (Å²) in [5.41, 5.74) is 1.07. The molecule has 2 aliphatic carbocycles. The quantitative estimate of drug-likeness (QED) is 0.783. The van der Waals surface area contributed by atoms with Crippen molar-refractivity contribution >= 4 is 32.9 Å². The van der Waals surface area contributed by atoms with Gasteiger partial charge in [0.05, 0.1) is 5.39 Å². The average molecular weight is 377 g/mol. The molecule has 0 aliphatic heterocycles. The van der Waals surface area contributed by atoms with Crippen LogP contribution in [0.3, 0.4) is 0 Å². The van der Waals surface area contributed by atoms with Gasteiger partial charge in [0.25, 0.3) is 0 Å². The lowest BCUT2D eigenvalue weighted by Gasteiger charge is -2.27. The van der Waals surface area contributed by atoms with Gasteiger partial charge in [0.2, 0.25) is 5.95 Å². The Morgan fingerprint density at radius 2 is 2.00 bits per heavy atom. The summed E-state index contributed by atoms with van der Waals surface area (Å²) in [6.45, 7) is 3.35. The number of fused-ring (bicyclic) bond motifs is 1. The molecule has 2 aromatic rings. The summed E-state index contributed by atoms with van der Waals surface area (Å²) >= 11 is 3.68. The summed E-state index contributed by atoms with van der Waals surface area (Å²) in [5.74, 6) is 2.58. The largest absolute Gasteiger partial charge is 0.354 e. The van der Waals surface area contributed by atoms with Gasteiger partial charge in [0.15, 0.2) is 0 Å². The minimum Gasteiger partial charge on any atom is -0.354 e. The number of rotatable bonds is 5. The van der Waals surface area contributed by atoms with E-state index in [-0.39, 0.29) is 0 Å². The molecular weight excluding hydrogens is 352 g/mol. The maximum Gasteiger partial charge on any atom is 0.224 e. The lowest BCUT2D eigenvalue weighted by Crippen LogP contribution is -2.16. The molecule has 0 aromatic carbocycles. The van der Waals surface area contributed by atoms with Crippen LogP contribution in [0.25, 0.3) is 11.0 Å². The molecule has 1 N–H and O–H groups in total. The predicted molar refractivity (Wildman–Crippen MR) is 97.7 cm³/mol. The van der Waals surface area contributed by atoms with Gasteiger partial charge in [-0.15, -0.1) is 0 Å². The van der Waals surface area contributed by atoms with Gasteiger partial charge in [-0.05, 0) is 59.9 Å². The zero-order valence-electron chi connectivity index (χ0n) is 13.8. The van der Waals surface area contributed by atoms with E-state index in [4.69, 9.17) is 4.98 Å². The molecule has 124 valence electrons. The number of aromatic nitrogens is 3. The Hall–Kier alpha value is -1.10. The first-order valence-electron chi connectivity index (χ1n) is 8.97. The fraction of sp³-hybridized carbons (Fsp3) is 0.667. The first-order valence-corrected chi connectivity index (χ1v) is 9.77. The highest BCUT2D eigenvalue weighted by atomic mass is 79.9. The van der Waals surface area contributed by atoms with Crippen molar-refractivity contribution in [2.75, 3.05) is 11.9 Å². The zero-order valence-corrected chi connectivity index (χ0v) is 15.3. The van der Waals surface area contributed by atoms with Crippen LogP contribution in [0.15, 0.2) is 16.9 Å². The highest BCUT2D eigenvalue weighted by Crippen LogP contribution is 2.36. The van der Waals surface area contributed by atoms with Crippen LogP contribution in [0, 0.1) is 11.8 Å². The van der Waals surface area contributed by atoms with Crippen molar-refractivity contribution in [3.8, 4) is 0 Å². The molecule has 4 nitrogen and oxygen atoms in total. The number of halogens is 1. The van der Waals surface area contributed by atoms with Gasteiger partial charge < -0.3 is 9.88 Å². The molecule has 0 amide bonds. The normalized spacial score (nSPS) is 25.0. The van der Waals surface area contributed by atoms with Crippen LogP contribution in [-0.4, -0.2) is 21.1 Å². The number of hydrogen-bond donors (Lipinski definition) is 1. The summed E-state index contributed by atoms with van der Waals surface area (Å²) in [6.07, 6.45) is 13.3. The van der Waals surface area contributed by atoms with Crippen LogP contribution in [-0.2, 0) is 0 Å². The topological polar surface area (TPSA) is 42.7 Å². The van der Waals surface area contributed by atoms with E-state index >= 15 is 0 Å². The van der Waals surface area contributed by atoms with Gasteiger partial charge in [0.1, 0.15) is 5.65 Å². The van der Waals surface area contributed by atoms with E-state index in [1.165, 1.54) is 44.9 Å². The highest BCUT2D eigenvalue weighted by Gasteiger charge is 2.23. The third-order valence-corrected chi connectivity index (χ3v) is 6.07. The van der Waals surface area contributed by atoms with Crippen molar-refractivity contribution in [1.82, 2.24) is 14.5 Å². The maximum atomic E-state index is 4.82. The second-order valence-corrected chi connectivity index (χ2v) is 8.24. The molecule has 0 radical (unpaired) electrons. The lowest BCUT2D eigenvalue weighted by molar-refractivity contribution is 0.293. The van der Waals surface area contributed by atoms with E-state index in [0.29, 0.717) is 6.04 Å². The van der Waals surface area contributed by atoms with Crippen molar-refractivity contribution in [2.45, 2.75) is 57.9 Å². The van der Waals surface area contributed by atoms with E-state index in [2.05, 4.69) is 43.9 Å². The monoisotopic (exact) mass is 376 g/mol. The molecule has 2 aliphatic rings. The molecule has 0 atom stereocenters. The summed E-state index contributed by atoms with van der Waals surface area (Å²) in [6, 6.07) is 0.578. The van der Waals surface area contributed by atoms with E-state index in [1.807, 2.05) is 6.20 Å². The van der Waals surface area contributed by atoms with Crippen LogP contribution in [0.1, 0.15) is 57.9 Å². The molecule has 5 heteroatoms. The smallest absolute Gasteiger partial charge is 0.224 e. The second-order valence-electron chi connectivity index (χ2n) is 7.39. The highest BCUT2D eigenvalue weighted by molar-refractivity contribution is 9.10. The fourth-order valence-electron chi connectivity index (χ4n) is 3.67. The molecule has 0 bridgehead atoms. The van der Waals surface area contributed by atoms with Crippen LogP contribution >= 0.6 is 15.9 Å². The van der Waals surface area contributed by atoms with Gasteiger partial charge in [-0.2, -0.15) is 4.98 Å². The summed E-state index contributed by atoms with van der Waals surface area (Å²) in [5, 5.41) is 4.53. The molecule has 0 unspecified atom stereocenters. The fourth-order valence-corrected chi connectivity index (χ4v) is 4.17. The van der Waals surface area contributed by atoms with Crippen LogP contribution < -0.4 is 5.32 Å². The maximum absolute atomic E-state index is 4.82. The Morgan fingerprint density at radius 1 is 1.22 bits per heavy atom. The lowest BCUT2D eigenvalue weighted by atomic mass is 9.87. The molecule has 2 aromatic heterocycles. The van der Waals surface area contributed by atoms with Crippen LogP contribution in [0.2, 0.25) is 0 Å². The van der Waals surface area contributed by atoms with Crippen molar-refractivity contribution in [1.29, 1.82) is 0 Å². The van der Waals surface area contributed by atoms with E-state index < -0.39 is 0 Å². The molecule has 2 heterocycles. The van der Waals surface area contributed by atoms with Gasteiger partial charge in [-0.25, -0.2) is 4.98 Å². The number of hydrogen-bond acceptors (Lipinski definition) is 3. The molecule has 23 heavy (non-hydrogen) atoms. The Morgan fingerprint density at radius 3 is 2.74 bits per heavy atom. The molecule has 4 rings (SSSR count). The Bertz CT molecular complexity index is 684. The SMILES string of the molecule is CC1CCC(n2cc(Br)c3cnc(NCCC4CC4)nc32)CC1. The number of anilines is 1. The minimum absolute atomic E-state index is 0.578. The third-order valence-electron chi connectivity index (χ3n) is 5.43. The third kappa shape index (κ3) is 3.39. The first kappa shape index (κ1) is 15.4. The Balaban J connectivity index is 1.56. The second kappa shape index (κ2) is 6.42. The van der Waals surface area contributed by atoms with Gasteiger partial charge >= 0.3 is 0 Å². The first-order chi connectivity index (χ1) is 11.2. The molecule has 2 saturated carbocycles. The summed E-state index contributed by atoms with van der Waals surface area (Å²) in [7, 11) is 0. The molecular formula is C18H25BrN4. The van der Waals surface area contributed by atoms with Gasteiger partial charge in [0, 0.05) is 29.5 Å². The van der Waals surface area contributed by atoms with Crippen molar-refractivity contribution in [3.63, 3.8) is 0 Å². The van der Waals surface area contributed by atoms with Crippen molar-refractivity contribution < 1.29 is 0 Å². The summed E-state index contributed by atoms with van der Waals surface area (Å²) in [4.78, 5) is 9.31. The number of nitrogens with one attached hydrogen (secondary N) is 1. The predicted octanol–water partition coefficient (Wildman–Crippen LogP) is 5.16. The van der Waals surface area contributed by atoms with E-state index in [0.717, 1.165) is 39.8 Å². The zero-order chi connectivity index (χ0) is 15.8. The average Bonchev–Trinajstić information content (AvgIpc) is 3.32. The Labute approximate surface area is 146 Å². The standard InChI is InChI=1S/C18H25BrN4/c1-12-2-6-14(7-3-12)23-11-16(19)15-10-21-18(22-17(15)23)20-9-8-13-4-5-13/h10-14H,2-9H2,1H3,(H,20,21,22). The van der Waals surface area contributed by atoms with Gasteiger partial charge in [-0.1, -0.05) is 19.8 Å². The molecule has 0 saturated heterocycles. The minimum atomic E-state index is 0.578.